The Bertz CT molecular complexity index is 201. The topological polar surface area (TPSA) is 39.4 Å². The molecule has 0 saturated heterocycles. The third-order valence-electron chi connectivity index (χ3n) is 0.959. The first-order chi connectivity index (χ1) is 4.83. The van der Waals surface area contributed by atoms with Crippen LogP contribution in [0.3, 0.4) is 0 Å². The van der Waals surface area contributed by atoms with Gasteiger partial charge in [0.2, 0.25) is 6.26 Å². The number of rotatable bonds is 2. The van der Waals surface area contributed by atoms with E-state index in [0.29, 0.717) is 12.2 Å². The van der Waals surface area contributed by atoms with Crippen molar-refractivity contribution in [3.63, 3.8) is 0 Å². The number of hydrogen-bond acceptors (Lipinski definition) is 3. The zero-order valence-electron chi connectivity index (χ0n) is 5.59. The molecule has 0 aliphatic heterocycles. The van der Waals surface area contributed by atoms with Gasteiger partial charge in [-0.3, -0.25) is 4.79 Å². The molecule has 0 atom stereocenters. The summed E-state index contributed by atoms with van der Waals surface area (Å²) in [5.41, 5.74) is 0. The molecule has 1 aromatic rings. The van der Waals surface area contributed by atoms with E-state index in [1.165, 1.54) is 12.3 Å². The summed E-state index contributed by atoms with van der Waals surface area (Å²) in [5.74, 6) is 0.0597. The van der Waals surface area contributed by atoms with Crippen LogP contribution in [0.1, 0.15) is 13.3 Å². The van der Waals surface area contributed by atoms with Crippen LogP contribution in [0, 0.1) is 6.26 Å². The second-order valence-electron chi connectivity index (χ2n) is 1.71. The molecule has 0 fully saturated rings. The summed E-state index contributed by atoms with van der Waals surface area (Å²) in [5, 5.41) is 0. The van der Waals surface area contributed by atoms with Gasteiger partial charge in [-0.2, -0.15) is 0 Å². The molecule has 0 N–H and O–H groups in total. The molecule has 1 aromatic heterocycles. The number of hydrogen-bond donors (Lipinski definition) is 0. The summed E-state index contributed by atoms with van der Waals surface area (Å²) >= 11 is 0. The van der Waals surface area contributed by atoms with Crippen molar-refractivity contribution in [3.05, 3.63) is 18.6 Å². The van der Waals surface area contributed by atoms with Crippen LogP contribution in [0.15, 0.2) is 16.7 Å². The lowest BCUT2D eigenvalue weighted by Gasteiger charge is -1.94. The standard InChI is InChI=1S/C7H7O3/c1-2-7(8)10-6-3-4-9-5-6/h3-4H,2H2,1H3. The van der Waals surface area contributed by atoms with Crippen LogP contribution >= 0.6 is 0 Å². The van der Waals surface area contributed by atoms with E-state index in [9.17, 15) is 4.79 Å². The van der Waals surface area contributed by atoms with Crippen LogP contribution in [0.2, 0.25) is 0 Å². The fourth-order valence-corrected chi connectivity index (χ4v) is 0.472. The molecule has 0 amide bonds. The number of furan rings is 1. The minimum absolute atomic E-state index is 0.280. The Labute approximate surface area is 58.6 Å². The van der Waals surface area contributed by atoms with Crippen molar-refractivity contribution in [3.8, 4) is 5.75 Å². The van der Waals surface area contributed by atoms with E-state index in [0.717, 1.165) is 0 Å². The second-order valence-corrected chi connectivity index (χ2v) is 1.71. The van der Waals surface area contributed by atoms with Gasteiger partial charge in [0.05, 0.1) is 6.26 Å². The van der Waals surface area contributed by atoms with E-state index >= 15 is 0 Å². The lowest BCUT2D eigenvalue weighted by atomic mass is 10.5. The number of ether oxygens (including phenoxy) is 1. The molecule has 0 bridgehead atoms. The van der Waals surface area contributed by atoms with Crippen LogP contribution in [0.4, 0.5) is 0 Å². The maximum absolute atomic E-state index is 10.6. The van der Waals surface area contributed by atoms with Gasteiger partial charge in [0.1, 0.15) is 0 Å². The average Bonchev–Trinajstić information content (AvgIpc) is 2.40. The maximum Gasteiger partial charge on any atom is 0.311 e. The highest BCUT2D eigenvalue weighted by molar-refractivity contribution is 5.71. The predicted molar refractivity (Wildman–Crippen MR) is 33.5 cm³/mol. The molecule has 1 radical (unpaired) electrons. The minimum atomic E-state index is -0.280. The van der Waals surface area contributed by atoms with E-state index in [2.05, 4.69) is 10.7 Å². The van der Waals surface area contributed by atoms with E-state index in [1.54, 1.807) is 6.92 Å². The summed E-state index contributed by atoms with van der Waals surface area (Å²) in [4.78, 5) is 10.6. The normalized spacial score (nSPS) is 9.30. The Balaban J connectivity index is 2.48. The zero-order valence-corrected chi connectivity index (χ0v) is 5.59. The molecule has 0 unspecified atom stereocenters. The van der Waals surface area contributed by atoms with E-state index < -0.39 is 0 Å². The van der Waals surface area contributed by atoms with Gasteiger partial charge in [0, 0.05) is 12.5 Å². The van der Waals surface area contributed by atoms with Gasteiger partial charge in [-0.25, -0.2) is 0 Å². The van der Waals surface area contributed by atoms with Crippen LogP contribution in [0.25, 0.3) is 0 Å². The van der Waals surface area contributed by atoms with Crippen molar-refractivity contribution in [1.82, 2.24) is 0 Å². The average molecular weight is 139 g/mol. The molecular formula is C7H7O3. The molecular weight excluding hydrogens is 132 g/mol. The smallest absolute Gasteiger partial charge is 0.311 e. The molecule has 0 aromatic carbocycles. The highest BCUT2D eigenvalue weighted by Gasteiger charge is 2.01. The van der Waals surface area contributed by atoms with Crippen molar-refractivity contribution in [1.29, 1.82) is 0 Å². The Morgan fingerprint density at radius 2 is 2.70 bits per heavy atom. The Morgan fingerprint density at radius 1 is 1.90 bits per heavy atom. The lowest BCUT2D eigenvalue weighted by Crippen LogP contribution is -2.04. The van der Waals surface area contributed by atoms with Crippen molar-refractivity contribution in [2.24, 2.45) is 0 Å². The summed E-state index contributed by atoms with van der Waals surface area (Å²) < 4.78 is 9.27. The summed E-state index contributed by atoms with van der Waals surface area (Å²) in [6, 6.07) is 1.54. The fraction of sp³-hybridized carbons (Fsp3) is 0.286. The molecule has 0 spiro atoms. The Hall–Kier alpha value is -1.25. The summed E-state index contributed by atoms with van der Waals surface area (Å²) in [7, 11) is 0. The molecule has 53 valence electrons. The SMILES string of the molecule is CCC(=O)Oc1[c]occ1. The van der Waals surface area contributed by atoms with Gasteiger partial charge in [-0.1, -0.05) is 6.92 Å². The van der Waals surface area contributed by atoms with Crippen LogP contribution < -0.4 is 4.74 Å². The van der Waals surface area contributed by atoms with Crippen molar-refractivity contribution in [2.75, 3.05) is 0 Å². The molecule has 0 saturated carbocycles. The molecule has 3 nitrogen and oxygen atoms in total. The monoisotopic (exact) mass is 139 g/mol. The van der Waals surface area contributed by atoms with Crippen molar-refractivity contribution in [2.45, 2.75) is 13.3 Å². The van der Waals surface area contributed by atoms with Gasteiger partial charge >= 0.3 is 5.97 Å². The van der Waals surface area contributed by atoms with E-state index in [-0.39, 0.29) is 5.97 Å². The maximum atomic E-state index is 10.6. The molecule has 0 aliphatic carbocycles. The van der Waals surface area contributed by atoms with Gasteiger partial charge < -0.3 is 9.15 Å². The number of esters is 1. The largest absolute Gasteiger partial charge is 0.457 e. The van der Waals surface area contributed by atoms with Crippen molar-refractivity contribution >= 4 is 5.97 Å². The quantitative estimate of drug-likeness (QED) is 0.581. The van der Waals surface area contributed by atoms with Gasteiger partial charge in [0.25, 0.3) is 0 Å². The van der Waals surface area contributed by atoms with Gasteiger partial charge in [-0.15, -0.1) is 0 Å². The summed E-state index contributed by atoms with van der Waals surface area (Å²) in [6.45, 7) is 1.72. The Kier molecular flexibility index (Phi) is 2.10. The highest BCUT2D eigenvalue weighted by atomic mass is 16.5. The lowest BCUT2D eigenvalue weighted by molar-refractivity contribution is -0.134. The zero-order chi connectivity index (χ0) is 7.40. The highest BCUT2D eigenvalue weighted by Crippen LogP contribution is 2.09. The first-order valence-electron chi connectivity index (χ1n) is 2.98. The van der Waals surface area contributed by atoms with Crippen LogP contribution in [0.5, 0.6) is 5.75 Å². The second kappa shape index (κ2) is 3.06. The Morgan fingerprint density at radius 3 is 3.20 bits per heavy atom. The first-order valence-corrected chi connectivity index (χ1v) is 2.98. The minimum Gasteiger partial charge on any atom is -0.457 e. The molecule has 10 heavy (non-hydrogen) atoms. The van der Waals surface area contributed by atoms with Gasteiger partial charge in [0.15, 0.2) is 5.75 Å². The summed E-state index contributed by atoms with van der Waals surface area (Å²) in [6.07, 6.45) is 4.15. The predicted octanol–water partition coefficient (Wildman–Crippen LogP) is 1.40. The first kappa shape index (κ1) is 6.86. The van der Waals surface area contributed by atoms with Crippen molar-refractivity contribution < 1.29 is 13.9 Å². The fourth-order valence-electron chi connectivity index (χ4n) is 0.472. The molecule has 1 rings (SSSR count). The number of carbonyl (C=O) groups excluding carboxylic acids is 1. The molecule has 0 aliphatic rings. The van der Waals surface area contributed by atoms with Crippen LogP contribution in [-0.2, 0) is 4.79 Å². The third kappa shape index (κ3) is 1.62. The van der Waals surface area contributed by atoms with E-state index in [4.69, 9.17) is 4.74 Å². The number of carbonyl (C=O) groups is 1. The molecule has 3 heteroatoms. The van der Waals surface area contributed by atoms with Crippen LogP contribution in [-0.4, -0.2) is 5.97 Å². The molecule has 1 heterocycles. The third-order valence-corrected chi connectivity index (χ3v) is 0.959. The van der Waals surface area contributed by atoms with E-state index in [1.807, 2.05) is 0 Å². The van der Waals surface area contributed by atoms with Gasteiger partial charge in [-0.05, 0) is 0 Å².